The normalized spacial score (nSPS) is 13.9. The van der Waals surface area contributed by atoms with Crippen molar-refractivity contribution >= 4 is 5.91 Å². The molecule has 0 aromatic heterocycles. The lowest BCUT2D eigenvalue weighted by molar-refractivity contribution is -0.124. The number of ether oxygens (including phenoxy) is 1. The van der Waals surface area contributed by atoms with Gasteiger partial charge in [-0.25, -0.2) is 4.39 Å². The van der Waals surface area contributed by atoms with E-state index in [9.17, 15) is 14.3 Å². The van der Waals surface area contributed by atoms with Crippen LogP contribution in [0.4, 0.5) is 4.39 Å². The molecule has 1 atom stereocenters. The molecule has 20 heavy (non-hydrogen) atoms. The second-order valence-corrected chi connectivity index (χ2v) is 5.62. The van der Waals surface area contributed by atoms with Gasteiger partial charge in [0, 0.05) is 12.6 Å². The maximum absolute atomic E-state index is 12.9. The number of benzene rings is 1. The van der Waals surface area contributed by atoms with E-state index in [1.807, 2.05) is 13.8 Å². The maximum Gasteiger partial charge on any atom is 0.258 e. The van der Waals surface area contributed by atoms with Crippen LogP contribution in [-0.4, -0.2) is 29.8 Å². The second-order valence-electron chi connectivity index (χ2n) is 5.62. The van der Waals surface area contributed by atoms with Gasteiger partial charge in [0.05, 0.1) is 5.60 Å². The fraction of sp³-hybridized carbons (Fsp3) is 0.533. The number of carbonyl (C=O) groups excluding carboxylic acids is 1. The van der Waals surface area contributed by atoms with E-state index in [1.54, 1.807) is 13.0 Å². The third kappa shape index (κ3) is 6.52. The standard InChI is InChI=1S/C15H22FNO3/c1-11(2)8-15(3,19)10-17-14(18)9-20-13-6-4-5-12(16)7-13/h4-7,11,19H,8-10H2,1-3H3,(H,17,18). The van der Waals surface area contributed by atoms with E-state index >= 15 is 0 Å². The highest BCUT2D eigenvalue weighted by atomic mass is 19.1. The molecule has 0 heterocycles. The van der Waals surface area contributed by atoms with Gasteiger partial charge < -0.3 is 15.2 Å². The first kappa shape index (κ1) is 16.4. The summed E-state index contributed by atoms with van der Waals surface area (Å²) in [7, 11) is 0. The van der Waals surface area contributed by atoms with Gasteiger partial charge in [-0.1, -0.05) is 19.9 Å². The van der Waals surface area contributed by atoms with Crippen molar-refractivity contribution in [1.29, 1.82) is 0 Å². The largest absolute Gasteiger partial charge is 0.484 e. The molecule has 0 aliphatic heterocycles. The molecule has 112 valence electrons. The summed E-state index contributed by atoms with van der Waals surface area (Å²) in [6, 6.07) is 5.60. The molecule has 2 N–H and O–H groups in total. The van der Waals surface area contributed by atoms with Gasteiger partial charge in [-0.3, -0.25) is 4.79 Å². The van der Waals surface area contributed by atoms with Crippen molar-refractivity contribution < 1.29 is 19.0 Å². The molecule has 1 amide bonds. The van der Waals surface area contributed by atoms with Crippen molar-refractivity contribution in [1.82, 2.24) is 5.32 Å². The molecule has 0 fully saturated rings. The number of hydrogen-bond donors (Lipinski definition) is 2. The van der Waals surface area contributed by atoms with Crippen LogP contribution < -0.4 is 10.1 Å². The molecule has 1 unspecified atom stereocenters. The van der Waals surface area contributed by atoms with Gasteiger partial charge in [0.1, 0.15) is 11.6 Å². The van der Waals surface area contributed by atoms with Crippen molar-refractivity contribution in [2.24, 2.45) is 5.92 Å². The van der Waals surface area contributed by atoms with Crippen LogP contribution in [0.5, 0.6) is 5.75 Å². The summed E-state index contributed by atoms with van der Waals surface area (Å²) in [4.78, 5) is 11.6. The molecule has 0 saturated carbocycles. The molecule has 1 rings (SSSR count). The number of rotatable bonds is 7. The first-order valence-corrected chi connectivity index (χ1v) is 6.66. The minimum Gasteiger partial charge on any atom is -0.484 e. The third-order valence-electron chi connectivity index (χ3n) is 2.68. The van der Waals surface area contributed by atoms with E-state index in [4.69, 9.17) is 4.74 Å². The molecule has 5 heteroatoms. The molecule has 0 radical (unpaired) electrons. The summed E-state index contributed by atoms with van der Waals surface area (Å²) in [5, 5.41) is 12.7. The summed E-state index contributed by atoms with van der Waals surface area (Å²) in [6.45, 7) is 5.64. The highest BCUT2D eigenvalue weighted by Crippen LogP contribution is 2.15. The van der Waals surface area contributed by atoms with Crippen molar-refractivity contribution in [2.75, 3.05) is 13.2 Å². The molecule has 0 aliphatic carbocycles. The predicted molar refractivity (Wildman–Crippen MR) is 75.0 cm³/mol. The minimum atomic E-state index is -0.942. The summed E-state index contributed by atoms with van der Waals surface area (Å²) in [5.41, 5.74) is -0.942. The molecule has 1 aromatic rings. The van der Waals surface area contributed by atoms with E-state index in [1.165, 1.54) is 18.2 Å². The Morgan fingerprint density at radius 3 is 2.80 bits per heavy atom. The lowest BCUT2D eigenvalue weighted by atomic mass is 9.94. The summed E-state index contributed by atoms with van der Waals surface area (Å²) < 4.78 is 18.1. The zero-order valence-electron chi connectivity index (χ0n) is 12.1. The van der Waals surface area contributed by atoms with Crippen molar-refractivity contribution in [3.63, 3.8) is 0 Å². The zero-order valence-corrected chi connectivity index (χ0v) is 12.1. The highest BCUT2D eigenvalue weighted by molar-refractivity contribution is 5.77. The topological polar surface area (TPSA) is 58.6 Å². The van der Waals surface area contributed by atoms with Gasteiger partial charge in [-0.2, -0.15) is 0 Å². The smallest absolute Gasteiger partial charge is 0.258 e. The zero-order chi connectivity index (χ0) is 15.2. The van der Waals surface area contributed by atoms with E-state index in [0.29, 0.717) is 18.1 Å². The molecular weight excluding hydrogens is 261 g/mol. The van der Waals surface area contributed by atoms with Gasteiger partial charge >= 0.3 is 0 Å². The van der Waals surface area contributed by atoms with Crippen LogP contribution in [0.25, 0.3) is 0 Å². The van der Waals surface area contributed by atoms with E-state index in [2.05, 4.69) is 5.32 Å². The van der Waals surface area contributed by atoms with Crippen LogP contribution in [0.1, 0.15) is 27.2 Å². The highest BCUT2D eigenvalue weighted by Gasteiger charge is 2.22. The van der Waals surface area contributed by atoms with Gasteiger partial charge in [0.2, 0.25) is 0 Å². The fourth-order valence-electron chi connectivity index (χ4n) is 2.00. The predicted octanol–water partition coefficient (Wildman–Crippen LogP) is 2.12. The molecule has 1 aromatic carbocycles. The van der Waals surface area contributed by atoms with E-state index in [0.717, 1.165) is 0 Å². The lowest BCUT2D eigenvalue weighted by Crippen LogP contribution is -2.43. The van der Waals surface area contributed by atoms with Crippen LogP contribution in [0.15, 0.2) is 24.3 Å². The number of hydrogen-bond acceptors (Lipinski definition) is 3. The summed E-state index contributed by atoms with van der Waals surface area (Å²) in [5.74, 6) is -0.124. The summed E-state index contributed by atoms with van der Waals surface area (Å²) in [6.07, 6.45) is 0.595. The molecule has 0 spiro atoms. The van der Waals surface area contributed by atoms with Gasteiger partial charge in [-0.15, -0.1) is 0 Å². The molecule has 0 bridgehead atoms. The van der Waals surface area contributed by atoms with Crippen molar-refractivity contribution in [2.45, 2.75) is 32.8 Å². The van der Waals surface area contributed by atoms with Crippen LogP contribution in [0.3, 0.4) is 0 Å². The quantitative estimate of drug-likeness (QED) is 0.806. The average Bonchev–Trinajstić information content (AvgIpc) is 2.32. The van der Waals surface area contributed by atoms with Crippen LogP contribution in [-0.2, 0) is 4.79 Å². The average molecular weight is 283 g/mol. The van der Waals surface area contributed by atoms with Gasteiger partial charge in [0.15, 0.2) is 6.61 Å². The van der Waals surface area contributed by atoms with Gasteiger partial charge in [-0.05, 0) is 31.4 Å². The maximum atomic E-state index is 12.9. The van der Waals surface area contributed by atoms with E-state index in [-0.39, 0.29) is 19.1 Å². The number of carbonyl (C=O) groups is 1. The Morgan fingerprint density at radius 1 is 1.50 bits per heavy atom. The lowest BCUT2D eigenvalue weighted by Gasteiger charge is -2.25. The van der Waals surface area contributed by atoms with E-state index < -0.39 is 11.4 Å². The van der Waals surface area contributed by atoms with Crippen LogP contribution >= 0.6 is 0 Å². The molecule has 4 nitrogen and oxygen atoms in total. The summed E-state index contributed by atoms with van der Waals surface area (Å²) >= 11 is 0. The monoisotopic (exact) mass is 283 g/mol. The van der Waals surface area contributed by atoms with Crippen molar-refractivity contribution in [3.05, 3.63) is 30.1 Å². The number of nitrogens with one attached hydrogen (secondary N) is 1. The Hall–Kier alpha value is -1.62. The Labute approximate surface area is 119 Å². The second kappa shape index (κ2) is 7.24. The Bertz CT molecular complexity index is 446. The van der Waals surface area contributed by atoms with Crippen molar-refractivity contribution in [3.8, 4) is 5.75 Å². The van der Waals surface area contributed by atoms with Crippen LogP contribution in [0, 0.1) is 11.7 Å². The third-order valence-corrected chi connectivity index (χ3v) is 2.68. The SMILES string of the molecule is CC(C)CC(C)(O)CNC(=O)COc1cccc(F)c1. The molecular formula is C15H22FNO3. The Morgan fingerprint density at radius 2 is 2.20 bits per heavy atom. The Balaban J connectivity index is 2.34. The number of aliphatic hydroxyl groups is 1. The Kier molecular flexibility index (Phi) is 5.95. The minimum absolute atomic E-state index is 0.163. The molecule has 0 aliphatic rings. The molecule has 0 saturated heterocycles. The van der Waals surface area contributed by atoms with Gasteiger partial charge in [0.25, 0.3) is 5.91 Å². The number of amides is 1. The first-order valence-electron chi connectivity index (χ1n) is 6.66. The fourth-order valence-corrected chi connectivity index (χ4v) is 2.00. The van der Waals surface area contributed by atoms with Crippen LogP contribution in [0.2, 0.25) is 0 Å². The first-order chi connectivity index (χ1) is 9.28. The number of halogens is 1.